The Hall–Kier alpha value is -0.820. The van der Waals surface area contributed by atoms with E-state index in [9.17, 15) is 0 Å². The van der Waals surface area contributed by atoms with Crippen molar-refractivity contribution in [2.75, 3.05) is 0 Å². The average Bonchev–Trinajstić information content (AvgIpc) is 2.34. The zero-order chi connectivity index (χ0) is 10.3. The van der Waals surface area contributed by atoms with Crippen LogP contribution in [0.5, 0.6) is 0 Å². The molecule has 0 spiro atoms. The van der Waals surface area contributed by atoms with E-state index < -0.39 is 0 Å². The van der Waals surface area contributed by atoms with Gasteiger partial charge in [0.25, 0.3) is 0 Å². The second kappa shape index (κ2) is 3.39. The minimum atomic E-state index is 1.13. The summed E-state index contributed by atoms with van der Waals surface area (Å²) in [5.74, 6) is 0. The highest BCUT2D eigenvalue weighted by molar-refractivity contribution is 9.10. The maximum absolute atomic E-state index is 3.49. The molecule has 72 valence electrons. The highest BCUT2D eigenvalue weighted by atomic mass is 79.9. The van der Waals surface area contributed by atoms with E-state index in [1.165, 1.54) is 27.8 Å². The molecule has 0 aromatic heterocycles. The molecule has 0 bridgehead atoms. The van der Waals surface area contributed by atoms with Crippen LogP contribution >= 0.6 is 15.9 Å². The number of hydrogen-bond donors (Lipinski definition) is 0. The molecule has 0 amide bonds. The molecule has 0 saturated heterocycles. The van der Waals surface area contributed by atoms with Crippen molar-refractivity contribution in [3.05, 3.63) is 45.4 Å². The normalized spacial score (nSPS) is 10.9. The van der Waals surface area contributed by atoms with Gasteiger partial charge >= 0.3 is 0 Å². The van der Waals surface area contributed by atoms with Gasteiger partial charge in [-0.2, -0.15) is 0 Å². The largest absolute Gasteiger partial charge is 0.0530 e. The minimum Gasteiger partial charge on any atom is -0.0530 e. The quantitative estimate of drug-likeness (QED) is 0.645. The SMILES string of the molecule is Cc1c2ccc(Br)ccc-2c(C)c1C. The molecule has 0 radical (unpaired) electrons. The van der Waals surface area contributed by atoms with Gasteiger partial charge in [0.2, 0.25) is 0 Å². The Labute approximate surface area is 93.4 Å². The van der Waals surface area contributed by atoms with Crippen LogP contribution in [-0.2, 0) is 0 Å². The van der Waals surface area contributed by atoms with E-state index in [1.807, 2.05) is 0 Å². The Kier molecular flexibility index (Phi) is 2.36. The smallest absolute Gasteiger partial charge is 0.0175 e. The van der Waals surface area contributed by atoms with E-state index in [2.05, 4.69) is 61.0 Å². The molecule has 0 nitrogen and oxygen atoms in total. The first-order chi connectivity index (χ1) is 6.61. The van der Waals surface area contributed by atoms with Crippen LogP contribution in [0.1, 0.15) is 16.7 Å². The fourth-order valence-corrected chi connectivity index (χ4v) is 2.16. The summed E-state index contributed by atoms with van der Waals surface area (Å²) in [6.07, 6.45) is 0. The van der Waals surface area contributed by atoms with Gasteiger partial charge in [0, 0.05) is 4.47 Å². The molecule has 2 aliphatic rings. The third kappa shape index (κ3) is 1.36. The van der Waals surface area contributed by atoms with E-state index in [-0.39, 0.29) is 0 Å². The second-order valence-electron chi connectivity index (χ2n) is 3.75. The van der Waals surface area contributed by atoms with Crippen molar-refractivity contribution in [3.63, 3.8) is 0 Å². The number of fused-ring (bicyclic) bond motifs is 1. The summed E-state index contributed by atoms with van der Waals surface area (Å²) in [5.41, 5.74) is 6.96. The lowest BCUT2D eigenvalue weighted by molar-refractivity contribution is 1.35. The van der Waals surface area contributed by atoms with E-state index in [0.29, 0.717) is 0 Å². The van der Waals surface area contributed by atoms with Crippen molar-refractivity contribution in [1.29, 1.82) is 0 Å². The van der Waals surface area contributed by atoms with Gasteiger partial charge in [-0.25, -0.2) is 0 Å². The number of halogens is 1. The summed E-state index contributed by atoms with van der Waals surface area (Å²) in [4.78, 5) is 0. The molecule has 0 aliphatic heterocycles. The van der Waals surface area contributed by atoms with E-state index in [0.717, 1.165) is 4.47 Å². The summed E-state index contributed by atoms with van der Waals surface area (Å²) < 4.78 is 1.13. The predicted octanol–water partition coefficient (Wildman–Crippen LogP) is 4.48. The summed E-state index contributed by atoms with van der Waals surface area (Å²) in [6, 6.07) is 8.59. The Morgan fingerprint density at radius 1 is 0.714 bits per heavy atom. The third-order valence-electron chi connectivity index (χ3n) is 3.04. The standard InChI is InChI=1S/C13H13Br/c1-8-9(2)12-6-4-11(14)5-7-13(12)10(8)3/h4-7H,1-3H3. The maximum Gasteiger partial charge on any atom is 0.0175 e. The first kappa shape index (κ1) is 9.72. The summed E-state index contributed by atoms with van der Waals surface area (Å²) in [6.45, 7) is 6.58. The molecular weight excluding hydrogens is 236 g/mol. The number of hydrogen-bond acceptors (Lipinski definition) is 0. The fourth-order valence-electron chi connectivity index (χ4n) is 1.90. The van der Waals surface area contributed by atoms with Crippen molar-refractivity contribution in [2.45, 2.75) is 20.8 Å². The lowest BCUT2D eigenvalue weighted by Gasteiger charge is -1.94. The molecule has 0 saturated carbocycles. The Morgan fingerprint density at radius 2 is 1.14 bits per heavy atom. The predicted molar refractivity (Wildman–Crippen MR) is 65.0 cm³/mol. The molecule has 1 heteroatoms. The van der Waals surface area contributed by atoms with Crippen LogP contribution < -0.4 is 0 Å². The van der Waals surface area contributed by atoms with Gasteiger partial charge < -0.3 is 0 Å². The van der Waals surface area contributed by atoms with Crippen LogP contribution in [0, 0.1) is 20.8 Å². The molecule has 2 aliphatic carbocycles. The van der Waals surface area contributed by atoms with Crippen LogP contribution in [0.25, 0.3) is 11.1 Å². The zero-order valence-corrected chi connectivity index (χ0v) is 10.3. The summed E-state index contributed by atoms with van der Waals surface area (Å²) >= 11 is 3.49. The molecule has 0 fully saturated rings. The van der Waals surface area contributed by atoms with Gasteiger partial charge in [0.05, 0.1) is 0 Å². The lowest BCUT2D eigenvalue weighted by atomic mass is 10.1. The van der Waals surface area contributed by atoms with Gasteiger partial charge in [0.1, 0.15) is 0 Å². The first-order valence-corrected chi connectivity index (χ1v) is 5.55. The molecule has 0 N–H and O–H groups in total. The van der Waals surface area contributed by atoms with Gasteiger partial charge in [-0.1, -0.05) is 28.1 Å². The highest BCUT2D eigenvalue weighted by Crippen LogP contribution is 2.35. The first-order valence-electron chi connectivity index (χ1n) is 4.76. The summed E-state index contributed by atoms with van der Waals surface area (Å²) in [5, 5.41) is 0. The Bertz CT molecular complexity index is 418. The third-order valence-corrected chi connectivity index (χ3v) is 3.57. The van der Waals surface area contributed by atoms with E-state index in [1.54, 1.807) is 0 Å². The molecule has 0 atom stereocenters. The molecule has 14 heavy (non-hydrogen) atoms. The van der Waals surface area contributed by atoms with Crippen LogP contribution in [0.15, 0.2) is 28.7 Å². The Morgan fingerprint density at radius 3 is 1.57 bits per heavy atom. The lowest BCUT2D eigenvalue weighted by Crippen LogP contribution is -1.72. The Balaban J connectivity index is 2.84. The van der Waals surface area contributed by atoms with Crippen LogP contribution in [-0.4, -0.2) is 0 Å². The van der Waals surface area contributed by atoms with Crippen LogP contribution in [0.3, 0.4) is 0 Å². The molecule has 0 aromatic rings. The molecule has 0 aromatic carbocycles. The van der Waals surface area contributed by atoms with Crippen molar-refractivity contribution in [3.8, 4) is 11.1 Å². The van der Waals surface area contributed by atoms with Crippen molar-refractivity contribution < 1.29 is 0 Å². The second-order valence-corrected chi connectivity index (χ2v) is 4.67. The van der Waals surface area contributed by atoms with Gasteiger partial charge in [-0.3, -0.25) is 0 Å². The highest BCUT2D eigenvalue weighted by Gasteiger charge is 2.12. The molecule has 0 unspecified atom stereocenters. The minimum absolute atomic E-state index is 1.13. The topological polar surface area (TPSA) is 0 Å². The monoisotopic (exact) mass is 248 g/mol. The van der Waals surface area contributed by atoms with E-state index in [4.69, 9.17) is 0 Å². The average molecular weight is 249 g/mol. The van der Waals surface area contributed by atoms with Gasteiger partial charge in [0.15, 0.2) is 0 Å². The van der Waals surface area contributed by atoms with Crippen molar-refractivity contribution >= 4 is 15.9 Å². The van der Waals surface area contributed by atoms with Crippen molar-refractivity contribution in [2.24, 2.45) is 0 Å². The maximum atomic E-state index is 3.49. The van der Waals surface area contributed by atoms with Crippen LogP contribution in [0.4, 0.5) is 0 Å². The van der Waals surface area contributed by atoms with Crippen molar-refractivity contribution in [1.82, 2.24) is 0 Å². The van der Waals surface area contributed by atoms with E-state index >= 15 is 0 Å². The van der Waals surface area contributed by atoms with Gasteiger partial charge in [-0.05, 0) is 60.7 Å². The fraction of sp³-hybridized carbons (Fsp3) is 0.231. The molecular formula is C13H13Br. The van der Waals surface area contributed by atoms with Crippen LogP contribution in [0.2, 0.25) is 0 Å². The summed E-state index contributed by atoms with van der Waals surface area (Å²) in [7, 11) is 0. The zero-order valence-electron chi connectivity index (χ0n) is 8.69. The molecule has 2 rings (SSSR count). The molecule has 0 heterocycles. The van der Waals surface area contributed by atoms with Gasteiger partial charge in [-0.15, -0.1) is 0 Å². The number of rotatable bonds is 0.